The van der Waals surface area contributed by atoms with Crippen LogP contribution in [0.3, 0.4) is 0 Å². The van der Waals surface area contributed by atoms with Crippen LogP contribution in [0, 0.1) is 0 Å². The molecule has 3 rings (SSSR count). The molecule has 24 heavy (non-hydrogen) atoms. The SMILES string of the molecule is CC(=O)OC1C(=O)c2cc(Br)ccc2N1S(=O)(=O)c1ccccc1. The first-order valence-corrected chi connectivity index (χ1v) is 9.16. The van der Waals surface area contributed by atoms with Gasteiger partial charge < -0.3 is 4.74 Å². The number of carbonyl (C=O) groups excluding carboxylic acids is 2. The molecule has 1 atom stereocenters. The van der Waals surface area contributed by atoms with Gasteiger partial charge in [0.15, 0.2) is 0 Å². The quantitative estimate of drug-likeness (QED) is 0.727. The maximum absolute atomic E-state index is 13.0. The number of nitrogens with zero attached hydrogens (tertiary/aromatic N) is 1. The number of ether oxygens (including phenoxy) is 1. The number of esters is 1. The Labute approximate surface area is 147 Å². The highest BCUT2D eigenvalue weighted by Gasteiger charge is 2.46. The molecule has 0 fully saturated rings. The van der Waals surface area contributed by atoms with E-state index >= 15 is 0 Å². The van der Waals surface area contributed by atoms with Crippen LogP contribution in [0.15, 0.2) is 57.9 Å². The monoisotopic (exact) mass is 409 g/mol. The average Bonchev–Trinajstić information content (AvgIpc) is 2.81. The van der Waals surface area contributed by atoms with Crippen molar-refractivity contribution in [1.29, 1.82) is 0 Å². The lowest BCUT2D eigenvalue weighted by molar-refractivity contribution is -0.143. The predicted octanol–water partition coefficient (Wildman–Crippen LogP) is 2.73. The Kier molecular flexibility index (Phi) is 4.18. The van der Waals surface area contributed by atoms with E-state index < -0.39 is 28.0 Å². The van der Waals surface area contributed by atoms with E-state index in [-0.39, 0.29) is 16.1 Å². The van der Waals surface area contributed by atoms with Gasteiger partial charge in [-0.25, -0.2) is 12.7 Å². The van der Waals surface area contributed by atoms with Crippen molar-refractivity contribution in [3.8, 4) is 0 Å². The molecule has 1 aliphatic heterocycles. The number of Topliss-reactive ketones (excluding diaryl/α,β-unsaturated/α-hetero) is 1. The average molecular weight is 410 g/mol. The van der Waals surface area contributed by atoms with Crippen LogP contribution in [-0.2, 0) is 19.6 Å². The number of sulfonamides is 1. The van der Waals surface area contributed by atoms with E-state index in [1.807, 2.05) is 0 Å². The Balaban J connectivity index is 2.19. The van der Waals surface area contributed by atoms with Crippen LogP contribution in [0.5, 0.6) is 0 Å². The number of rotatable bonds is 3. The van der Waals surface area contributed by atoms with Gasteiger partial charge in [-0.2, -0.15) is 0 Å². The minimum atomic E-state index is -4.07. The summed E-state index contributed by atoms with van der Waals surface area (Å²) in [5, 5.41) is 0. The van der Waals surface area contributed by atoms with Gasteiger partial charge in [0.1, 0.15) is 0 Å². The largest absolute Gasteiger partial charge is 0.433 e. The van der Waals surface area contributed by atoms with Crippen molar-refractivity contribution in [2.45, 2.75) is 18.0 Å². The molecule has 6 nitrogen and oxygen atoms in total. The first kappa shape index (κ1) is 16.7. The topological polar surface area (TPSA) is 80.8 Å². The number of benzene rings is 2. The van der Waals surface area contributed by atoms with E-state index in [4.69, 9.17) is 4.74 Å². The Morgan fingerprint density at radius 1 is 1.17 bits per heavy atom. The molecule has 0 saturated heterocycles. The molecule has 1 unspecified atom stereocenters. The molecule has 0 radical (unpaired) electrons. The first-order chi connectivity index (χ1) is 11.3. The van der Waals surface area contributed by atoms with Crippen LogP contribution < -0.4 is 4.31 Å². The molecule has 0 aliphatic carbocycles. The smallest absolute Gasteiger partial charge is 0.304 e. The molecule has 0 spiro atoms. The van der Waals surface area contributed by atoms with E-state index in [1.165, 1.54) is 24.3 Å². The van der Waals surface area contributed by atoms with Crippen LogP contribution >= 0.6 is 15.9 Å². The normalized spacial score (nSPS) is 16.8. The highest BCUT2D eigenvalue weighted by molar-refractivity contribution is 9.10. The third-order valence-corrected chi connectivity index (χ3v) is 5.74. The van der Waals surface area contributed by atoms with Crippen molar-refractivity contribution in [2.75, 3.05) is 4.31 Å². The molecule has 2 aromatic carbocycles. The third kappa shape index (κ3) is 2.71. The molecule has 8 heteroatoms. The maximum atomic E-state index is 13.0. The first-order valence-electron chi connectivity index (χ1n) is 6.93. The van der Waals surface area contributed by atoms with Crippen molar-refractivity contribution in [1.82, 2.24) is 0 Å². The molecule has 0 bridgehead atoms. The van der Waals surface area contributed by atoms with E-state index in [1.54, 1.807) is 24.3 Å². The minimum absolute atomic E-state index is 0.00530. The zero-order valence-electron chi connectivity index (χ0n) is 12.5. The summed E-state index contributed by atoms with van der Waals surface area (Å²) >= 11 is 3.25. The lowest BCUT2D eigenvalue weighted by Crippen LogP contribution is -2.42. The molecule has 2 aromatic rings. The van der Waals surface area contributed by atoms with Gasteiger partial charge in [0.2, 0.25) is 5.78 Å². The lowest BCUT2D eigenvalue weighted by Gasteiger charge is -2.25. The highest BCUT2D eigenvalue weighted by atomic mass is 79.9. The van der Waals surface area contributed by atoms with Crippen LogP contribution in [0.1, 0.15) is 17.3 Å². The Morgan fingerprint density at radius 3 is 2.46 bits per heavy atom. The summed E-state index contributed by atoms with van der Waals surface area (Å²) in [6.45, 7) is 1.12. The van der Waals surface area contributed by atoms with Gasteiger partial charge in [0.25, 0.3) is 16.3 Å². The Hall–Kier alpha value is -2.19. The van der Waals surface area contributed by atoms with E-state index in [2.05, 4.69) is 15.9 Å². The van der Waals surface area contributed by atoms with Gasteiger partial charge in [-0.05, 0) is 30.3 Å². The number of anilines is 1. The summed E-state index contributed by atoms with van der Waals surface area (Å²) < 4.78 is 32.5. The van der Waals surface area contributed by atoms with Gasteiger partial charge >= 0.3 is 5.97 Å². The number of hydrogen-bond acceptors (Lipinski definition) is 5. The third-order valence-electron chi connectivity index (χ3n) is 3.48. The molecule has 0 saturated carbocycles. The standard InChI is InChI=1S/C16H12BrNO5S/c1-10(19)23-16-15(20)13-9-11(17)7-8-14(13)18(16)24(21,22)12-5-3-2-4-6-12/h2-9,16H,1H3. The molecule has 1 aliphatic rings. The van der Waals surface area contributed by atoms with Crippen molar-refractivity contribution >= 4 is 43.4 Å². The van der Waals surface area contributed by atoms with Gasteiger partial charge in [-0.15, -0.1) is 0 Å². The van der Waals surface area contributed by atoms with Gasteiger partial charge in [-0.3, -0.25) is 9.59 Å². The predicted molar refractivity (Wildman–Crippen MR) is 90.1 cm³/mol. The van der Waals surface area contributed by atoms with E-state index in [9.17, 15) is 18.0 Å². The molecular weight excluding hydrogens is 398 g/mol. The second kappa shape index (κ2) is 6.03. The maximum Gasteiger partial charge on any atom is 0.304 e. The summed E-state index contributed by atoms with van der Waals surface area (Å²) in [6.07, 6.45) is -1.54. The van der Waals surface area contributed by atoms with Crippen LogP contribution in [0.25, 0.3) is 0 Å². The molecule has 1 heterocycles. The second-order valence-corrected chi connectivity index (χ2v) is 7.83. The molecule has 124 valence electrons. The fourth-order valence-electron chi connectivity index (χ4n) is 2.48. The second-order valence-electron chi connectivity index (χ2n) is 5.10. The van der Waals surface area contributed by atoms with Gasteiger partial charge in [0.05, 0.1) is 10.6 Å². The highest BCUT2D eigenvalue weighted by Crippen LogP contribution is 2.38. The number of ketones is 1. The summed E-state index contributed by atoms with van der Waals surface area (Å²) in [6, 6.07) is 12.3. The van der Waals surface area contributed by atoms with Gasteiger partial charge in [0, 0.05) is 17.0 Å². The van der Waals surface area contributed by atoms with Crippen LogP contribution in [0.4, 0.5) is 5.69 Å². The molecule has 0 aromatic heterocycles. The van der Waals surface area contributed by atoms with E-state index in [0.717, 1.165) is 11.2 Å². The number of halogens is 1. The summed E-state index contributed by atoms with van der Waals surface area (Å²) in [4.78, 5) is 23.9. The van der Waals surface area contributed by atoms with Crippen molar-refractivity contribution < 1.29 is 22.7 Å². The summed E-state index contributed by atoms with van der Waals surface area (Å²) in [5.74, 6) is -1.32. The van der Waals surface area contributed by atoms with Crippen LogP contribution in [-0.4, -0.2) is 26.4 Å². The summed E-state index contributed by atoms with van der Waals surface area (Å²) in [5.41, 5.74) is 0.355. The molecular formula is C16H12BrNO5S. The lowest BCUT2D eigenvalue weighted by atomic mass is 10.1. The fourth-order valence-corrected chi connectivity index (χ4v) is 4.38. The number of carbonyl (C=O) groups is 2. The van der Waals surface area contributed by atoms with Crippen molar-refractivity contribution in [2.24, 2.45) is 0 Å². The zero-order valence-corrected chi connectivity index (χ0v) is 14.9. The zero-order chi connectivity index (χ0) is 17.5. The van der Waals surface area contributed by atoms with Crippen molar-refractivity contribution in [3.63, 3.8) is 0 Å². The molecule has 0 N–H and O–H groups in total. The summed E-state index contributed by atoms with van der Waals surface area (Å²) in [7, 11) is -4.07. The molecule has 0 amide bonds. The minimum Gasteiger partial charge on any atom is -0.433 e. The van der Waals surface area contributed by atoms with E-state index in [0.29, 0.717) is 4.47 Å². The van der Waals surface area contributed by atoms with Crippen LogP contribution in [0.2, 0.25) is 0 Å². The van der Waals surface area contributed by atoms with Gasteiger partial charge in [-0.1, -0.05) is 34.1 Å². The van der Waals surface area contributed by atoms with Crippen molar-refractivity contribution in [3.05, 3.63) is 58.6 Å². The Bertz CT molecular complexity index is 927. The Morgan fingerprint density at radius 2 is 1.83 bits per heavy atom. The fraction of sp³-hybridized carbons (Fsp3) is 0.125. The number of hydrogen-bond donors (Lipinski definition) is 0. The number of fused-ring (bicyclic) bond motifs is 1.